The number of benzene rings is 3. The monoisotopic (exact) mass is 403 g/mol. The maximum atomic E-state index is 13.4. The van der Waals surface area contributed by atoms with Crippen LogP contribution < -0.4 is 4.90 Å². The molecule has 0 radical (unpaired) electrons. The molecule has 4 rings (SSSR count). The fraction of sp³-hybridized carbons (Fsp3) is 0.200. The first-order chi connectivity index (χ1) is 14.3. The number of Topliss-reactive ketones (excluding diaryl/α,β-unsaturated/α-hetero) is 1. The van der Waals surface area contributed by atoms with Gasteiger partial charge in [0.2, 0.25) is 0 Å². The normalized spacial score (nSPS) is 17.9. The number of para-hydroxylation sites is 1. The van der Waals surface area contributed by atoms with Gasteiger partial charge in [-0.3, -0.25) is 9.59 Å². The maximum absolute atomic E-state index is 13.4. The second-order valence-corrected chi connectivity index (χ2v) is 7.81. The molecule has 3 aromatic rings. The van der Waals surface area contributed by atoms with Crippen LogP contribution in [0.2, 0.25) is 0 Å². The summed E-state index contributed by atoms with van der Waals surface area (Å²) in [4.78, 5) is 27.7. The lowest BCUT2D eigenvalue weighted by Crippen LogP contribution is -2.41. The number of fused-ring (bicyclic) bond motifs is 1. The van der Waals surface area contributed by atoms with Gasteiger partial charge >= 0.3 is 0 Å². The summed E-state index contributed by atoms with van der Waals surface area (Å²) in [5.74, 6) is -1.40. The number of carbonyl (C=O) groups is 2. The number of aliphatic hydroxyl groups is 1. The number of aryl methyl sites for hydroxylation is 2. The standard InChI is InChI=1S/C25H22FNO3/c1-16-7-8-19(17(2)13-16)15-27-22-6-4-3-5-21(22)25(30,24(27)29)14-23(28)18-9-11-20(26)12-10-18/h3-13,30H,14-15H2,1-2H3. The molecule has 1 atom stereocenters. The van der Waals surface area contributed by atoms with E-state index in [1.165, 1.54) is 29.2 Å². The SMILES string of the molecule is Cc1ccc(CN2C(=O)C(O)(CC(=O)c3ccc(F)cc3)c3ccccc32)c(C)c1. The molecule has 0 aromatic heterocycles. The quantitative estimate of drug-likeness (QED) is 0.641. The lowest BCUT2D eigenvalue weighted by molar-refractivity contribution is -0.136. The fourth-order valence-electron chi connectivity index (χ4n) is 4.00. The summed E-state index contributed by atoms with van der Waals surface area (Å²) in [5.41, 5.74) is 2.46. The Morgan fingerprint density at radius 2 is 1.73 bits per heavy atom. The van der Waals surface area contributed by atoms with E-state index in [9.17, 15) is 19.1 Å². The van der Waals surface area contributed by atoms with Crippen molar-refractivity contribution in [3.05, 3.63) is 100 Å². The molecule has 4 nitrogen and oxygen atoms in total. The number of anilines is 1. The molecule has 3 aromatic carbocycles. The van der Waals surface area contributed by atoms with Crippen LogP contribution in [0.25, 0.3) is 0 Å². The lowest BCUT2D eigenvalue weighted by Gasteiger charge is -2.23. The molecule has 0 aliphatic carbocycles. The van der Waals surface area contributed by atoms with Gasteiger partial charge in [0.05, 0.1) is 18.7 Å². The molecule has 0 saturated carbocycles. The third kappa shape index (κ3) is 3.42. The number of hydrogen-bond acceptors (Lipinski definition) is 3. The van der Waals surface area contributed by atoms with Gasteiger partial charge in [0.25, 0.3) is 5.91 Å². The van der Waals surface area contributed by atoms with Crippen LogP contribution in [-0.4, -0.2) is 16.8 Å². The van der Waals surface area contributed by atoms with Crippen LogP contribution >= 0.6 is 0 Å². The molecule has 0 fully saturated rings. The molecule has 1 N–H and O–H groups in total. The summed E-state index contributed by atoms with van der Waals surface area (Å²) in [6, 6.07) is 18.1. The summed E-state index contributed by atoms with van der Waals surface area (Å²) >= 11 is 0. The van der Waals surface area contributed by atoms with Gasteiger partial charge in [-0.2, -0.15) is 0 Å². The number of ketones is 1. The van der Waals surface area contributed by atoms with E-state index in [4.69, 9.17) is 0 Å². The highest BCUT2D eigenvalue weighted by atomic mass is 19.1. The minimum absolute atomic E-state index is 0.253. The fourth-order valence-corrected chi connectivity index (χ4v) is 4.00. The first kappa shape index (κ1) is 20.0. The van der Waals surface area contributed by atoms with Crippen LogP contribution in [0.4, 0.5) is 10.1 Å². The van der Waals surface area contributed by atoms with Crippen molar-refractivity contribution in [1.82, 2.24) is 0 Å². The highest BCUT2D eigenvalue weighted by molar-refractivity contribution is 6.10. The average Bonchev–Trinajstić information content (AvgIpc) is 2.92. The van der Waals surface area contributed by atoms with Gasteiger partial charge in [-0.1, -0.05) is 42.0 Å². The Morgan fingerprint density at radius 1 is 1.03 bits per heavy atom. The molecule has 1 unspecified atom stereocenters. The first-order valence-corrected chi connectivity index (χ1v) is 9.78. The molecule has 1 heterocycles. The Bertz CT molecular complexity index is 1140. The summed E-state index contributed by atoms with van der Waals surface area (Å²) in [5, 5.41) is 11.4. The molecule has 1 aliphatic rings. The minimum Gasteiger partial charge on any atom is -0.375 e. The van der Waals surface area contributed by atoms with E-state index in [0.717, 1.165) is 16.7 Å². The number of rotatable bonds is 5. The topological polar surface area (TPSA) is 57.6 Å². The molecule has 5 heteroatoms. The zero-order valence-electron chi connectivity index (χ0n) is 16.9. The zero-order valence-corrected chi connectivity index (χ0v) is 16.9. The summed E-state index contributed by atoms with van der Waals surface area (Å²) in [7, 11) is 0. The second kappa shape index (κ2) is 7.50. The summed E-state index contributed by atoms with van der Waals surface area (Å²) in [6.45, 7) is 4.29. The lowest BCUT2D eigenvalue weighted by atomic mass is 9.88. The van der Waals surface area contributed by atoms with Crippen molar-refractivity contribution in [3.8, 4) is 0 Å². The van der Waals surface area contributed by atoms with Crippen LogP contribution in [0, 0.1) is 19.7 Å². The third-order valence-corrected chi connectivity index (χ3v) is 5.65. The predicted molar refractivity (Wildman–Crippen MR) is 113 cm³/mol. The van der Waals surface area contributed by atoms with Gasteiger partial charge in [0.1, 0.15) is 5.82 Å². The van der Waals surface area contributed by atoms with Crippen LogP contribution in [0.3, 0.4) is 0 Å². The number of halogens is 1. The molecule has 0 spiro atoms. The summed E-state index contributed by atoms with van der Waals surface area (Å²) in [6.07, 6.45) is -0.405. The van der Waals surface area contributed by atoms with E-state index in [-0.39, 0.29) is 5.56 Å². The van der Waals surface area contributed by atoms with E-state index in [0.29, 0.717) is 17.8 Å². The molecule has 152 valence electrons. The van der Waals surface area contributed by atoms with Gasteiger partial charge in [0.15, 0.2) is 11.4 Å². The minimum atomic E-state index is -1.96. The van der Waals surface area contributed by atoms with Crippen molar-refractivity contribution in [2.45, 2.75) is 32.4 Å². The summed E-state index contributed by atoms with van der Waals surface area (Å²) < 4.78 is 13.2. The van der Waals surface area contributed by atoms with Gasteiger partial charge in [-0.25, -0.2) is 4.39 Å². The van der Waals surface area contributed by atoms with E-state index in [1.807, 2.05) is 32.0 Å². The third-order valence-electron chi connectivity index (χ3n) is 5.65. The van der Waals surface area contributed by atoms with Crippen molar-refractivity contribution in [1.29, 1.82) is 0 Å². The van der Waals surface area contributed by atoms with E-state index in [2.05, 4.69) is 0 Å². The number of hydrogen-bond donors (Lipinski definition) is 1. The van der Waals surface area contributed by atoms with Gasteiger partial charge in [-0.05, 0) is 55.3 Å². The number of carbonyl (C=O) groups excluding carboxylic acids is 2. The predicted octanol–water partition coefficient (Wildman–Crippen LogP) is 4.45. The highest BCUT2D eigenvalue weighted by Crippen LogP contribution is 2.43. The second-order valence-electron chi connectivity index (χ2n) is 7.81. The number of nitrogens with zero attached hydrogens (tertiary/aromatic N) is 1. The molecule has 0 saturated heterocycles. The molecular weight excluding hydrogens is 381 g/mol. The first-order valence-electron chi connectivity index (χ1n) is 9.78. The molecule has 1 aliphatic heterocycles. The highest BCUT2D eigenvalue weighted by Gasteiger charge is 2.50. The van der Waals surface area contributed by atoms with E-state index >= 15 is 0 Å². The van der Waals surface area contributed by atoms with E-state index < -0.39 is 29.5 Å². The smallest absolute Gasteiger partial charge is 0.264 e. The number of amides is 1. The molecule has 1 amide bonds. The van der Waals surface area contributed by atoms with Gasteiger partial charge < -0.3 is 10.0 Å². The molecule has 30 heavy (non-hydrogen) atoms. The largest absolute Gasteiger partial charge is 0.375 e. The zero-order chi connectivity index (χ0) is 21.5. The van der Waals surface area contributed by atoms with Crippen molar-refractivity contribution in [2.75, 3.05) is 4.90 Å². The van der Waals surface area contributed by atoms with Crippen LogP contribution in [0.1, 0.15) is 39.0 Å². The Hall–Kier alpha value is -3.31. The Balaban J connectivity index is 1.68. The molecular formula is C25H22FNO3. The van der Waals surface area contributed by atoms with Crippen molar-refractivity contribution in [3.63, 3.8) is 0 Å². The molecule has 0 bridgehead atoms. The van der Waals surface area contributed by atoms with Crippen molar-refractivity contribution in [2.24, 2.45) is 0 Å². The van der Waals surface area contributed by atoms with Crippen LogP contribution in [0.5, 0.6) is 0 Å². The van der Waals surface area contributed by atoms with Gasteiger partial charge in [-0.15, -0.1) is 0 Å². The average molecular weight is 403 g/mol. The maximum Gasteiger partial charge on any atom is 0.264 e. The Labute approximate surface area is 174 Å². The van der Waals surface area contributed by atoms with E-state index in [1.54, 1.807) is 24.3 Å². The van der Waals surface area contributed by atoms with Crippen LogP contribution in [-0.2, 0) is 16.9 Å². The Morgan fingerprint density at radius 3 is 2.43 bits per heavy atom. The van der Waals surface area contributed by atoms with Crippen molar-refractivity contribution < 1.29 is 19.1 Å². The van der Waals surface area contributed by atoms with Crippen molar-refractivity contribution >= 4 is 17.4 Å². The Kier molecular flexibility index (Phi) is 5.00. The van der Waals surface area contributed by atoms with Crippen LogP contribution in [0.15, 0.2) is 66.7 Å². The van der Waals surface area contributed by atoms with Gasteiger partial charge in [0, 0.05) is 11.1 Å².